The Morgan fingerprint density at radius 3 is 2.47 bits per heavy atom. The molecule has 0 bridgehead atoms. The van der Waals surface area contributed by atoms with Crippen molar-refractivity contribution in [1.82, 2.24) is 10.2 Å². The largest absolute Gasteiger partial charge is 0.415 e. The van der Waals surface area contributed by atoms with Crippen LogP contribution in [0.2, 0.25) is 0 Å². The predicted octanol–water partition coefficient (Wildman–Crippen LogP) is 4.05. The standard InChI is InChI=1S/C11H9F2N5O/c1-6(15-18-14)7-2-4-8(5-3-7)10-16-17-11(19-10)9(12)13/h2-6,9H,1H3. The first-order chi connectivity index (χ1) is 9.11. The van der Waals surface area contributed by atoms with Crippen LogP contribution in [0.4, 0.5) is 8.78 Å². The van der Waals surface area contributed by atoms with Gasteiger partial charge in [0.2, 0.25) is 5.89 Å². The third-order valence-corrected chi connectivity index (χ3v) is 2.49. The van der Waals surface area contributed by atoms with Crippen molar-refractivity contribution >= 4 is 0 Å². The van der Waals surface area contributed by atoms with Gasteiger partial charge in [-0.05, 0) is 23.2 Å². The number of azide groups is 1. The average molecular weight is 265 g/mol. The van der Waals surface area contributed by atoms with Crippen LogP contribution < -0.4 is 0 Å². The van der Waals surface area contributed by atoms with Gasteiger partial charge in [0.05, 0.1) is 6.04 Å². The van der Waals surface area contributed by atoms with E-state index >= 15 is 0 Å². The van der Waals surface area contributed by atoms with E-state index in [2.05, 4.69) is 20.2 Å². The van der Waals surface area contributed by atoms with E-state index in [1.807, 2.05) is 0 Å². The van der Waals surface area contributed by atoms with Crippen LogP contribution in [0.15, 0.2) is 33.8 Å². The normalized spacial score (nSPS) is 12.2. The van der Waals surface area contributed by atoms with Crippen LogP contribution in [-0.2, 0) is 0 Å². The summed E-state index contributed by atoms with van der Waals surface area (Å²) in [6.45, 7) is 1.75. The fourth-order valence-corrected chi connectivity index (χ4v) is 1.49. The fraction of sp³-hybridized carbons (Fsp3) is 0.273. The Hall–Kier alpha value is -2.47. The highest BCUT2D eigenvalue weighted by molar-refractivity contribution is 5.53. The molecule has 2 rings (SSSR count). The van der Waals surface area contributed by atoms with Crippen LogP contribution in [0.1, 0.15) is 30.8 Å². The lowest BCUT2D eigenvalue weighted by Crippen LogP contribution is -1.88. The molecule has 1 aromatic heterocycles. The zero-order valence-corrected chi connectivity index (χ0v) is 9.86. The fourth-order valence-electron chi connectivity index (χ4n) is 1.49. The van der Waals surface area contributed by atoms with E-state index in [-0.39, 0.29) is 11.9 Å². The van der Waals surface area contributed by atoms with E-state index in [1.54, 1.807) is 31.2 Å². The third kappa shape index (κ3) is 2.86. The summed E-state index contributed by atoms with van der Waals surface area (Å²) in [4.78, 5) is 2.72. The lowest BCUT2D eigenvalue weighted by Gasteiger charge is -2.04. The molecule has 1 aromatic carbocycles. The monoisotopic (exact) mass is 265 g/mol. The molecule has 0 saturated heterocycles. The Morgan fingerprint density at radius 2 is 1.95 bits per heavy atom. The molecule has 2 aromatic rings. The highest BCUT2D eigenvalue weighted by Crippen LogP contribution is 2.25. The number of aromatic nitrogens is 2. The van der Waals surface area contributed by atoms with Crippen molar-refractivity contribution in [1.29, 1.82) is 0 Å². The summed E-state index contributed by atoms with van der Waals surface area (Å²) in [6, 6.07) is 6.39. The molecular weight excluding hydrogens is 256 g/mol. The van der Waals surface area contributed by atoms with E-state index in [0.717, 1.165) is 5.56 Å². The van der Waals surface area contributed by atoms with Crippen molar-refractivity contribution in [2.24, 2.45) is 5.11 Å². The quantitative estimate of drug-likeness (QED) is 0.474. The first-order valence-corrected chi connectivity index (χ1v) is 5.38. The lowest BCUT2D eigenvalue weighted by molar-refractivity contribution is 0.116. The topological polar surface area (TPSA) is 87.7 Å². The van der Waals surface area contributed by atoms with Gasteiger partial charge in [0.1, 0.15) is 0 Å². The Bertz CT molecular complexity index is 604. The summed E-state index contributed by atoms with van der Waals surface area (Å²) in [5, 5.41) is 10.3. The smallest absolute Gasteiger partial charge is 0.314 e. The highest BCUT2D eigenvalue weighted by atomic mass is 19.3. The molecule has 0 saturated carbocycles. The summed E-state index contributed by atoms with van der Waals surface area (Å²) < 4.78 is 29.4. The predicted molar refractivity (Wildman–Crippen MR) is 62.3 cm³/mol. The zero-order valence-electron chi connectivity index (χ0n) is 9.86. The molecule has 0 spiro atoms. The van der Waals surface area contributed by atoms with Gasteiger partial charge in [-0.2, -0.15) is 8.78 Å². The second-order valence-electron chi connectivity index (χ2n) is 3.75. The summed E-state index contributed by atoms with van der Waals surface area (Å²) in [7, 11) is 0. The van der Waals surface area contributed by atoms with Gasteiger partial charge >= 0.3 is 6.43 Å². The highest BCUT2D eigenvalue weighted by Gasteiger charge is 2.16. The maximum absolute atomic E-state index is 12.3. The van der Waals surface area contributed by atoms with Gasteiger partial charge in [0, 0.05) is 10.5 Å². The Balaban J connectivity index is 2.24. The molecule has 6 nitrogen and oxygen atoms in total. The molecule has 0 fully saturated rings. The van der Waals surface area contributed by atoms with Gasteiger partial charge in [-0.3, -0.25) is 0 Å². The van der Waals surface area contributed by atoms with Crippen LogP contribution in [0.25, 0.3) is 21.9 Å². The zero-order chi connectivity index (χ0) is 13.8. The van der Waals surface area contributed by atoms with Crippen LogP contribution in [-0.4, -0.2) is 10.2 Å². The molecule has 0 amide bonds. The maximum Gasteiger partial charge on any atom is 0.314 e. The van der Waals surface area contributed by atoms with Gasteiger partial charge in [0.15, 0.2) is 0 Å². The number of hydrogen-bond acceptors (Lipinski definition) is 4. The van der Waals surface area contributed by atoms with Crippen molar-refractivity contribution < 1.29 is 13.2 Å². The molecule has 1 unspecified atom stereocenters. The van der Waals surface area contributed by atoms with Crippen molar-refractivity contribution in [3.8, 4) is 11.5 Å². The first kappa shape index (κ1) is 13.0. The number of rotatable bonds is 4. The van der Waals surface area contributed by atoms with E-state index in [9.17, 15) is 8.78 Å². The van der Waals surface area contributed by atoms with Crippen LogP contribution in [0.5, 0.6) is 0 Å². The van der Waals surface area contributed by atoms with Gasteiger partial charge in [-0.15, -0.1) is 10.2 Å². The Labute approximate surface area is 106 Å². The molecule has 0 radical (unpaired) electrons. The Kier molecular flexibility index (Phi) is 3.72. The van der Waals surface area contributed by atoms with E-state index < -0.39 is 12.3 Å². The van der Waals surface area contributed by atoms with Crippen molar-refractivity contribution in [3.05, 3.63) is 46.2 Å². The molecule has 0 N–H and O–H groups in total. The number of nitrogens with zero attached hydrogens (tertiary/aromatic N) is 5. The molecule has 1 atom stereocenters. The third-order valence-electron chi connectivity index (χ3n) is 2.49. The minimum atomic E-state index is -2.79. The lowest BCUT2D eigenvalue weighted by atomic mass is 10.1. The number of hydrogen-bond donors (Lipinski definition) is 0. The first-order valence-electron chi connectivity index (χ1n) is 5.38. The van der Waals surface area contributed by atoms with Crippen molar-refractivity contribution in [2.75, 3.05) is 0 Å². The summed E-state index contributed by atoms with van der Waals surface area (Å²) >= 11 is 0. The molecule has 8 heteroatoms. The van der Waals surface area contributed by atoms with Crippen LogP contribution >= 0.6 is 0 Å². The SMILES string of the molecule is CC(N=[N+]=[N-])c1ccc(-c2nnc(C(F)F)o2)cc1. The van der Waals surface area contributed by atoms with Crippen molar-refractivity contribution in [3.63, 3.8) is 0 Å². The number of alkyl halides is 2. The van der Waals surface area contributed by atoms with Gasteiger partial charge in [-0.1, -0.05) is 24.2 Å². The van der Waals surface area contributed by atoms with Gasteiger partial charge in [0.25, 0.3) is 5.89 Å². The second kappa shape index (κ2) is 5.45. The molecule has 0 aliphatic heterocycles. The maximum atomic E-state index is 12.3. The van der Waals surface area contributed by atoms with Gasteiger partial charge < -0.3 is 4.42 Å². The summed E-state index contributed by atoms with van der Waals surface area (Å²) in [5.74, 6) is -0.681. The molecule has 98 valence electrons. The number of benzene rings is 1. The molecular formula is C11H9F2N5O. The molecule has 1 heterocycles. The molecule has 0 aliphatic rings. The van der Waals surface area contributed by atoms with Gasteiger partial charge in [-0.25, -0.2) is 0 Å². The van der Waals surface area contributed by atoms with E-state index in [0.29, 0.717) is 5.56 Å². The van der Waals surface area contributed by atoms with Crippen molar-refractivity contribution in [2.45, 2.75) is 19.4 Å². The minimum Gasteiger partial charge on any atom is -0.415 e. The van der Waals surface area contributed by atoms with E-state index in [1.165, 1.54) is 0 Å². The minimum absolute atomic E-state index is 0.0262. The molecule has 0 aliphatic carbocycles. The molecule has 19 heavy (non-hydrogen) atoms. The van der Waals surface area contributed by atoms with Crippen LogP contribution in [0.3, 0.4) is 0 Å². The average Bonchev–Trinajstić information content (AvgIpc) is 2.89. The second-order valence-corrected chi connectivity index (χ2v) is 3.75. The summed E-state index contributed by atoms with van der Waals surface area (Å²) in [6.07, 6.45) is -2.79. The Morgan fingerprint density at radius 1 is 1.26 bits per heavy atom. The van der Waals surface area contributed by atoms with E-state index in [4.69, 9.17) is 9.95 Å². The number of halogens is 2. The summed E-state index contributed by atoms with van der Waals surface area (Å²) in [5.41, 5.74) is 9.66. The van der Waals surface area contributed by atoms with Crippen LogP contribution in [0, 0.1) is 0 Å².